The molecule has 0 saturated heterocycles. The molecule has 1 aromatic carbocycles. The van der Waals surface area contributed by atoms with Crippen LogP contribution in [0.1, 0.15) is 46.4 Å². The van der Waals surface area contributed by atoms with E-state index in [9.17, 15) is 9.59 Å². The quantitative estimate of drug-likeness (QED) is 0.870. The maximum absolute atomic E-state index is 12.3. The van der Waals surface area contributed by atoms with Gasteiger partial charge in [-0.25, -0.2) is 4.79 Å². The first-order chi connectivity index (χ1) is 10.0. The van der Waals surface area contributed by atoms with Crippen LogP contribution >= 0.6 is 15.9 Å². The van der Waals surface area contributed by atoms with Gasteiger partial charge in [-0.3, -0.25) is 4.79 Å². The van der Waals surface area contributed by atoms with Gasteiger partial charge in [0.2, 0.25) is 0 Å². The highest BCUT2D eigenvalue weighted by Gasteiger charge is 2.26. The first-order valence-corrected chi connectivity index (χ1v) is 7.68. The van der Waals surface area contributed by atoms with E-state index in [0.29, 0.717) is 10.0 Å². The van der Waals surface area contributed by atoms with Crippen LogP contribution in [0.4, 0.5) is 0 Å². The largest absolute Gasteiger partial charge is 0.478 e. The van der Waals surface area contributed by atoms with E-state index in [2.05, 4.69) is 21.2 Å². The lowest BCUT2D eigenvalue weighted by Crippen LogP contribution is -2.46. The van der Waals surface area contributed by atoms with Gasteiger partial charge in [0.15, 0.2) is 0 Å². The van der Waals surface area contributed by atoms with Crippen molar-refractivity contribution in [2.24, 2.45) is 0 Å². The molecule has 1 aliphatic rings. The van der Waals surface area contributed by atoms with Crippen molar-refractivity contribution in [2.75, 3.05) is 7.11 Å². The molecule has 0 aromatic heterocycles. The number of amides is 1. The van der Waals surface area contributed by atoms with Crippen LogP contribution in [0.2, 0.25) is 0 Å². The Morgan fingerprint density at radius 3 is 2.57 bits per heavy atom. The number of carboxylic acid groups (broad SMARTS) is 1. The standard InChI is InChI=1S/C15H18BrNO4/c1-21-13-5-3-2-4-12(13)17-14(18)9-6-10(15(19)20)8-11(16)7-9/h6-8,12-13H,2-5H2,1H3,(H,17,18)(H,19,20)/t12-,13-/m0/s1. The van der Waals surface area contributed by atoms with Gasteiger partial charge in [-0.2, -0.15) is 0 Å². The number of hydrogen-bond acceptors (Lipinski definition) is 3. The molecule has 21 heavy (non-hydrogen) atoms. The number of rotatable bonds is 4. The van der Waals surface area contributed by atoms with E-state index >= 15 is 0 Å². The third kappa shape index (κ3) is 4.04. The number of halogens is 1. The molecule has 1 fully saturated rings. The maximum Gasteiger partial charge on any atom is 0.335 e. The van der Waals surface area contributed by atoms with Gasteiger partial charge in [-0.15, -0.1) is 0 Å². The van der Waals surface area contributed by atoms with Crippen LogP contribution < -0.4 is 5.32 Å². The van der Waals surface area contributed by atoms with Crippen LogP contribution in [0, 0.1) is 0 Å². The minimum atomic E-state index is -1.06. The summed E-state index contributed by atoms with van der Waals surface area (Å²) in [5.74, 6) is -1.33. The summed E-state index contributed by atoms with van der Waals surface area (Å²) in [5.41, 5.74) is 0.420. The second kappa shape index (κ2) is 7.04. The average molecular weight is 356 g/mol. The zero-order valence-corrected chi connectivity index (χ0v) is 13.4. The van der Waals surface area contributed by atoms with Crippen LogP contribution in [0.15, 0.2) is 22.7 Å². The van der Waals surface area contributed by atoms with E-state index in [1.54, 1.807) is 13.2 Å². The van der Waals surface area contributed by atoms with Gasteiger partial charge in [-0.05, 0) is 31.0 Å². The summed E-state index contributed by atoms with van der Waals surface area (Å²) in [7, 11) is 1.65. The number of aromatic carboxylic acids is 1. The molecular weight excluding hydrogens is 338 g/mol. The Hall–Kier alpha value is -1.40. The molecule has 0 aliphatic heterocycles. The molecule has 0 bridgehead atoms. The number of benzene rings is 1. The lowest BCUT2D eigenvalue weighted by atomic mass is 9.92. The SMILES string of the molecule is CO[C@H]1CCCC[C@@H]1NC(=O)c1cc(Br)cc(C(=O)O)c1. The van der Waals surface area contributed by atoms with Crippen LogP contribution in [0.5, 0.6) is 0 Å². The Balaban J connectivity index is 2.14. The summed E-state index contributed by atoms with van der Waals surface area (Å²) in [5, 5.41) is 12.0. The Bertz CT molecular complexity index is 546. The maximum atomic E-state index is 12.3. The lowest BCUT2D eigenvalue weighted by Gasteiger charge is -2.31. The number of carbonyl (C=O) groups is 2. The van der Waals surface area contributed by atoms with Crippen LogP contribution in [0.25, 0.3) is 0 Å². The van der Waals surface area contributed by atoms with Gasteiger partial charge in [0.25, 0.3) is 5.91 Å². The van der Waals surface area contributed by atoms with Gasteiger partial charge in [-0.1, -0.05) is 28.8 Å². The van der Waals surface area contributed by atoms with Gasteiger partial charge in [0, 0.05) is 17.1 Å². The fraction of sp³-hybridized carbons (Fsp3) is 0.467. The molecule has 1 aliphatic carbocycles. The van der Waals surface area contributed by atoms with Gasteiger partial charge in [0.1, 0.15) is 0 Å². The zero-order valence-electron chi connectivity index (χ0n) is 11.8. The summed E-state index contributed by atoms with van der Waals surface area (Å²) in [6, 6.07) is 4.44. The highest BCUT2D eigenvalue weighted by molar-refractivity contribution is 9.10. The second-order valence-corrected chi connectivity index (χ2v) is 6.09. The number of hydrogen-bond donors (Lipinski definition) is 2. The predicted molar refractivity (Wildman–Crippen MR) is 81.6 cm³/mol. The number of ether oxygens (including phenoxy) is 1. The first-order valence-electron chi connectivity index (χ1n) is 6.89. The molecule has 114 valence electrons. The lowest BCUT2D eigenvalue weighted by molar-refractivity contribution is 0.0392. The molecule has 0 heterocycles. The van der Waals surface area contributed by atoms with Crippen molar-refractivity contribution in [3.63, 3.8) is 0 Å². The fourth-order valence-electron chi connectivity index (χ4n) is 2.64. The van der Waals surface area contributed by atoms with Gasteiger partial charge in [0.05, 0.1) is 17.7 Å². The van der Waals surface area contributed by atoms with Crippen molar-refractivity contribution >= 4 is 27.8 Å². The van der Waals surface area contributed by atoms with Crippen molar-refractivity contribution < 1.29 is 19.4 Å². The van der Waals surface area contributed by atoms with Crippen molar-refractivity contribution in [3.05, 3.63) is 33.8 Å². The third-order valence-electron chi connectivity index (χ3n) is 3.73. The summed E-state index contributed by atoms with van der Waals surface area (Å²) in [6.45, 7) is 0. The number of carboxylic acids is 1. The van der Waals surface area contributed by atoms with E-state index in [1.807, 2.05) is 0 Å². The normalized spacial score (nSPS) is 21.8. The molecule has 0 unspecified atom stereocenters. The van der Waals surface area contributed by atoms with E-state index < -0.39 is 5.97 Å². The van der Waals surface area contributed by atoms with Crippen LogP contribution in [-0.2, 0) is 4.74 Å². The van der Waals surface area contributed by atoms with E-state index in [1.165, 1.54) is 12.1 Å². The Labute approximate surface area is 131 Å². The minimum absolute atomic E-state index is 0.0220. The topological polar surface area (TPSA) is 75.6 Å². The van der Waals surface area contributed by atoms with Crippen molar-refractivity contribution in [2.45, 2.75) is 37.8 Å². The number of carbonyl (C=O) groups excluding carboxylic acids is 1. The molecule has 1 saturated carbocycles. The van der Waals surface area contributed by atoms with Crippen LogP contribution in [0.3, 0.4) is 0 Å². The average Bonchev–Trinajstić information content (AvgIpc) is 2.47. The van der Waals surface area contributed by atoms with Crippen LogP contribution in [-0.4, -0.2) is 36.2 Å². The Morgan fingerprint density at radius 2 is 1.90 bits per heavy atom. The highest BCUT2D eigenvalue weighted by Crippen LogP contribution is 2.22. The van der Waals surface area contributed by atoms with Gasteiger partial charge < -0.3 is 15.2 Å². The van der Waals surface area contributed by atoms with Crippen molar-refractivity contribution in [1.82, 2.24) is 5.32 Å². The summed E-state index contributed by atoms with van der Waals surface area (Å²) < 4.78 is 5.98. The molecule has 2 atom stereocenters. The zero-order chi connectivity index (χ0) is 15.4. The number of methoxy groups -OCH3 is 1. The molecule has 1 amide bonds. The molecule has 0 spiro atoms. The molecule has 2 N–H and O–H groups in total. The van der Waals surface area contributed by atoms with Gasteiger partial charge >= 0.3 is 5.97 Å². The second-order valence-electron chi connectivity index (χ2n) is 5.17. The molecule has 2 rings (SSSR count). The monoisotopic (exact) mass is 355 g/mol. The summed E-state index contributed by atoms with van der Waals surface area (Å²) in [6.07, 6.45) is 3.99. The minimum Gasteiger partial charge on any atom is -0.478 e. The van der Waals surface area contributed by atoms with Crippen molar-refractivity contribution in [3.8, 4) is 0 Å². The highest BCUT2D eigenvalue weighted by atomic mass is 79.9. The first kappa shape index (κ1) is 16.0. The Kier molecular flexibility index (Phi) is 5.36. The Morgan fingerprint density at radius 1 is 1.24 bits per heavy atom. The molecule has 1 aromatic rings. The van der Waals surface area contributed by atoms with E-state index in [0.717, 1.165) is 25.7 Å². The van der Waals surface area contributed by atoms with Crippen molar-refractivity contribution in [1.29, 1.82) is 0 Å². The molecule has 5 nitrogen and oxygen atoms in total. The molecule has 6 heteroatoms. The number of nitrogens with one attached hydrogen (secondary N) is 1. The third-order valence-corrected chi connectivity index (χ3v) is 4.19. The summed E-state index contributed by atoms with van der Waals surface area (Å²) in [4.78, 5) is 23.4. The van der Waals surface area contributed by atoms with E-state index in [-0.39, 0.29) is 23.6 Å². The molecule has 0 radical (unpaired) electrons. The fourth-order valence-corrected chi connectivity index (χ4v) is 3.13. The molecular formula is C15H18BrNO4. The predicted octanol–water partition coefficient (Wildman–Crippen LogP) is 2.83. The van der Waals surface area contributed by atoms with E-state index in [4.69, 9.17) is 9.84 Å². The summed E-state index contributed by atoms with van der Waals surface area (Å²) >= 11 is 3.23. The smallest absolute Gasteiger partial charge is 0.335 e.